The Morgan fingerprint density at radius 1 is 1.78 bits per heavy atom. The van der Waals surface area contributed by atoms with Gasteiger partial charge in [0, 0.05) is 19.7 Å². The molecule has 54 valence electrons. The fourth-order valence-corrected chi connectivity index (χ4v) is 0.912. The number of carbonyl (C=O) groups excluding carboxylic acids is 1. The van der Waals surface area contributed by atoms with Crippen LogP contribution in [-0.2, 0) is 9.32 Å². The maximum absolute atomic E-state index is 10.1. The lowest BCUT2D eigenvalue weighted by atomic mass is 10.5. The van der Waals surface area contributed by atoms with Crippen LogP contribution in [0.3, 0.4) is 0 Å². The molecule has 1 unspecified atom stereocenters. The van der Waals surface area contributed by atoms with Crippen molar-refractivity contribution in [2.75, 3.05) is 12.8 Å². The van der Waals surface area contributed by atoms with Crippen molar-refractivity contribution >= 4 is 14.8 Å². The summed E-state index contributed by atoms with van der Waals surface area (Å²) in [5, 5.41) is 8.30. The highest BCUT2D eigenvalue weighted by Crippen LogP contribution is 2.12. The second-order valence-corrected chi connectivity index (χ2v) is 2.56. The van der Waals surface area contributed by atoms with E-state index in [1.54, 1.807) is 0 Å². The van der Waals surface area contributed by atoms with Crippen LogP contribution in [0.5, 0.6) is 0 Å². The maximum Gasteiger partial charge on any atom is 0.305 e. The maximum atomic E-state index is 10.1. The van der Waals surface area contributed by atoms with E-state index in [0.717, 1.165) is 6.16 Å². The van der Waals surface area contributed by atoms with Gasteiger partial charge in [0.1, 0.15) is 0 Å². The molecule has 1 atom stereocenters. The zero-order valence-corrected chi connectivity index (χ0v) is 6.39. The molecule has 0 heterocycles. The normalized spacial score (nSPS) is 10.4. The van der Waals surface area contributed by atoms with Gasteiger partial charge in [-0.1, -0.05) is 0 Å². The number of hydrogen-bond donors (Lipinski definition) is 1. The molecule has 4 heteroatoms. The predicted octanol–water partition coefficient (Wildman–Crippen LogP) is 0.525. The van der Waals surface area contributed by atoms with Crippen LogP contribution in [0.4, 0.5) is 0 Å². The molecule has 0 aliphatic carbocycles. The van der Waals surface area contributed by atoms with Crippen LogP contribution in [0.25, 0.3) is 0 Å². The van der Waals surface area contributed by atoms with Crippen molar-refractivity contribution in [3.05, 3.63) is 0 Å². The Kier molecular flexibility index (Phi) is 5.89. The Morgan fingerprint density at radius 2 is 2.44 bits per heavy atom. The summed E-state index contributed by atoms with van der Waals surface area (Å²) in [5.74, 6) is -0.244. The van der Waals surface area contributed by atoms with Crippen molar-refractivity contribution in [3.8, 4) is 0 Å². The fraction of sp³-hybridized carbons (Fsp3) is 0.800. The first kappa shape index (κ1) is 8.86. The SMILES string of the molecule is CC(=O)OPCCCO. The Labute approximate surface area is 56.3 Å². The molecule has 0 saturated carbocycles. The minimum Gasteiger partial charge on any atom is -0.448 e. The van der Waals surface area contributed by atoms with E-state index in [2.05, 4.69) is 4.52 Å². The standard InChI is InChI=1S/C5H11O3P/c1-5(7)8-9-4-2-3-6/h6,9H,2-4H2,1H3. The van der Waals surface area contributed by atoms with Crippen molar-refractivity contribution < 1.29 is 14.4 Å². The van der Waals surface area contributed by atoms with Gasteiger partial charge >= 0.3 is 5.97 Å². The summed E-state index contributed by atoms with van der Waals surface area (Å²) in [6.45, 7) is 1.56. The second kappa shape index (κ2) is 5.99. The summed E-state index contributed by atoms with van der Waals surface area (Å²) in [5.41, 5.74) is 0. The minimum absolute atomic E-state index is 0.175. The lowest BCUT2D eigenvalue weighted by Gasteiger charge is -1.97. The van der Waals surface area contributed by atoms with Crippen molar-refractivity contribution in [1.29, 1.82) is 0 Å². The van der Waals surface area contributed by atoms with Crippen molar-refractivity contribution in [2.24, 2.45) is 0 Å². The zero-order chi connectivity index (χ0) is 7.11. The average Bonchev–Trinajstić information content (AvgIpc) is 1.80. The number of aliphatic hydroxyl groups is 1. The molecule has 0 amide bonds. The number of hydrogen-bond acceptors (Lipinski definition) is 3. The molecule has 0 aromatic heterocycles. The summed E-state index contributed by atoms with van der Waals surface area (Å²) >= 11 is 0. The smallest absolute Gasteiger partial charge is 0.305 e. The average molecular weight is 150 g/mol. The van der Waals surface area contributed by atoms with E-state index in [1.807, 2.05) is 0 Å². The summed E-state index contributed by atoms with van der Waals surface area (Å²) in [7, 11) is 0.210. The highest BCUT2D eigenvalue weighted by molar-refractivity contribution is 7.32. The third-order valence-corrected chi connectivity index (χ3v) is 1.64. The topological polar surface area (TPSA) is 46.5 Å². The van der Waals surface area contributed by atoms with Gasteiger partial charge < -0.3 is 9.63 Å². The Balaban J connectivity index is 2.83. The van der Waals surface area contributed by atoms with E-state index in [1.165, 1.54) is 6.92 Å². The van der Waals surface area contributed by atoms with Gasteiger partial charge in [0.25, 0.3) is 0 Å². The second-order valence-electron chi connectivity index (χ2n) is 1.57. The van der Waals surface area contributed by atoms with Gasteiger partial charge in [0.05, 0.1) is 8.81 Å². The molecule has 0 aromatic carbocycles. The van der Waals surface area contributed by atoms with Crippen LogP contribution in [0, 0.1) is 0 Å². The summed E-state index contributed by atoms with van der Waals surface area (Å²) in [6, 6.07) is 0. The predicted molar refractivity (Wildman–Crippen MR) is 36.7 cm³/mol. The van der Waals surface area contributed by atoms with Gasteiger partial charge in [-0.15, -0.1) is 0 Å². The van der Waals surface area contributed by atoms with E-state index in [0.29, 0.717) is 6.42 Å². The highest BCUT2D eigenvalue weighted by Gasteiger charge is 1.90. The number of carbonyl (C=O) groups is 1. The van der Waals surface area contributed by atoms with E-state index in [9.17, 15) is 4.79 Å². The van der Waals surface area contributed by atoms with Crippen LogP contribution >= 0.6 is 8.81 Å². The molecule has 0 aromatic rings. The van der Waals surface area contributed by atoms with Crippen LogP contribution in [0.15, 0.2) is 0 Å². The lowest BCUT2D eigenvalue weighted by Crippen LogP contribution is -1.90. The van der Waals surface area contributed by atoms with Crippen LogP contribution in [-0.4, -0.2) is 23.8 Å². The molecule has 0 aliphatic rings. The monoisotopic (exact) mass is 150 g/mol. The molecule has 0 fully saturated rings. The van der Waals surface area contributed by atoms with Crippen molar-refractivity contribution in [3.63, 3.8) is 0 Å². The van der Waals surface area contributed by atoms with Crippen molar-refractivity contribution in [1.82, 2.24) is 0 Å². The van der Waals surface area contributed by atoms with Gasteiger partial charge in [0.15, 0.2) is 0 Å². The molecule has 0 spiro atoms. The summed E-state index contributed by atoms with van der Waals surface area (Å²) < 4.78 is 4.62. The zero-order valence-electron chi connectivity index (χ0n) is 5.39. The van der Waals surface area contributed by atoms with Crippen LogP contribution in [0.2, 0.25) is 0 Å². The van der Waals surface area contributed by atoms with Crippen LogP contribution in [0.1, 0.15) is 13.3 Å². The quantitative estimate of drug-likeness (QED) is 0.469. The molecule has 0 rings (SSSR count). The van der Waals surface area contributed by atoms with E-state index >= 15 is 0 Å². The van der Waals surface area contributed by atoms with Crippen molar-refractivity contribution in [2.45, 2.75) is 13.3 Å². The van der Waals surface area contributed by atoms with E-state index < -0.39 is 0 Å². The minimum atomic E-state index is -0.244. The summed E-state index contributed by atoms with van der Waals surface area (Å²) in [4.78, 5) is 10.1. The molecule has 0 saturated heterocycles. The van der Waals surface area contributed by atoms with Gasteiger partial charge in [-0.2, -0.15) is 0 Å². The first-order chi connectivity index (χ1) is 4.27. The molecular weight excluding hydrogens is 139 g/mol. The van der Waals surface area contributed by atoms with Gasteiger partial charge in [-0.25, -0.2) is 0 Å². The Hall–Kier alpha value is -0.140. The molecule has 0 bridgehead atoms. The number of aliphatic hydroxyl groups excluding tert-OH is 1. The Bertz CT molecular complexity index is 84.3. The molecule has 0 aliphatic heterocycles. The largest absolute Gasteiger partial charge is 0.448 e. The lowest BCUT2D eigenvalue weighted by molar-refractivity contribution is -0.130. The number of rotatable bonds is 4. The highest BCUT2D eigenvalue weighted by atomic mass is 31.1. The van der Waals surface area contributed by atoms with Gasteiger partial charge in [0.2, 0.25) is 0 Å². The van der Waals surface area contributed by atoms with E-state index in [-0.39, 0.29) is 21.4 Å². The molecule has 1 N–H and O–H groups in total. The molecule has 9 heavy (non-hydrogen) atoms. The molecular formula is C5H11O3P. The van der Waals surface area contributed by atoms with Gasteiger partial charge in [-0.3, -0.25) is 4.79 Å². The third-order valence-electron chi connectivity index (χ3n) is 0.653. The first-order valence-corrected chi connectivity index (χ1v) is 3.90. The molecule has 3 nitrogen and oxygen atoms in total. The van der Waals surface area contributed by atoms with Gasteiger partial charge in [-0.05, 0) is 6.42 Å². The van der Waals surface area contributed by atoms with E-state index in [4.69, 9.17) is 5.11 Å². The fourth-order valence-electron chi connectivity index (χ4n) is 0.304. The molecule has 0 radical (unpaired) electrons. The third kappa shape index (κ3) is 7.86. The Morgan fingerprint density at radius 3 is 2.89 bits per heavy atom. The first-order valence-electron chi connectivity index (χ1n) is 2.78. The van der Waals surface area contributed by atoms with Crippen LogP contribution < -0.4 is 0 Å². The summed E-state index contributed by atoms with van der Waals surface area (Å²) in [6.07, 6.45) is 1.49.